The van der Waals surface area contributed by atoms with Crippen molar-refractivity contribution in [3.05, 3.63) is 51.5 Å². The highest BCUT2D eigenvalue weighted by Crippen LogP contribution is 2.21. The van der Waals surface area contributed by atoms with Crippen LogP contribution in [0.3, 0.4) is 0 Å². The molecule has 9 heteroatoms. The Labute approximate surface area is 144 Å². The molecule has 0 amide bonds. The van der Waals surface area contributed by atoms with Gasteiger partial charge in [-0.25, -0.2) is 4.79 Å². The van der Waals surface area contributed by atoms with Crippen LogP contribution in [-0.4, -0.2) is 45.4 Å². The fourth-order valence-corrected chi connectivity index (χ4v) is 2.27. The molecule has 0 aliphatic carbocycles. The normalized spacial score (nSPS) is 11.8. The topological polar surface area (TPSA) is 117 Å². The number of methoxy groups -OCH3 is 1. The molecule has 9 nitrogen and oxygen atoms in total. The number of hydrogen-bond acceptors (Lipinski definition) is 7. The van der Waals surface area contributed by atoms with E-state index in [4.69, 9.17) is 9.47 Å². The predicted molar refractivity (Wildman–Crippen MR) is 87.6 cm³/mol. The molecule has 1 N–H and O–H groups in total. The lowest BCUT2D eigenvalue weighted by molar-refractivity contribution is -0.389. The maximum absolute atomic E-state index is 11.8. The maximum Gasteiger partial charge on any atom is 0.381 e. The van der Waals surface area contributed by atoms with E-state index in [9.17, 15) is 20.0 Å². The number of nitro groups is 1. The SMILES string of the molecule is COC(=O)c1cc(C)ccc1OC[C@H](O)Cn1cc([N+](=O)[O-])nc1C. The van der Waals surface area contributed by atoms with Gasteiger partial charge in [0.15, 0.2) is 0 Å². The molecular formula is C16H19N3O6. The van der Waals surface area contributed by atoms with E-state index < -0.39 is 17.0 Å². The number of aromatic nitrogens is 2. The quantitative estimate of drug-likeness (QED) is 0.459. The first-order chi connectivity index (χ1) is 11.8. The van der Waals surface area contributed by atoms with Gasteiger partial charge in [0.1, 0.15) is 30.2 Å². The van der Waals surface area contributed by atoms with Crippen LogP contribution in [-0.2, 0) is 11.3 Å². The Kier molecular flexibility index (Phi) is 5.71. The number of ether oxygens (including phenoxy) is 2. The van der Waals surface area contributed by atoms with Gasteiger partial charge in [-0.3, -0.25) is 0 Å². The summed E-state index contributed by atoms with van der Waals surface area (Å²) in [5.41, 5.74) is 1.14. The summed E-state index contributed by atoms with van der Waals surface area (Å²) in [6, 6.07) is 5.04. The Morgan fingerprint density at radius 2 is 2.16 bits per heavy atom. The minimum atomic E-state index is -0.945. The zero-order chi connectivity index (χ0) is 18.6. The molecule has 2 rings (SSSR count). The lowest BCUT2D eigenvalue weighted by Gasteiger charge is -2.15. The van der Waals surface area contributed by atoms with Crippen LogP contribution in [0.4, 0.5) is 5.82 Å². The van der Waals surface area contributed by atoms with Gasteiger partial charge in [-0.05, 0) is 29.0 Å². The molecule has 1 heterocycles. The van der Waals surface area contributed by atoms with Gasteiger partial charge in [0, 0.05) is 6.92 Å². The van der Waals surface area contributed by atoms with Crippen molar-refractivity contribution in [3.8, 4) is 5.75 Å². The number of aliphatic hydroxyl groups excluding tert-OH is 1. The summed E-state index contributed by atoms with van der Waals surface area (Å²) < 4.78 is 11.7. The van der Waals surface area contributed by atoms with Crippen molar-refractivity contribution in [1.82, 2.24) is 9.55 Å². The molecular weight excluding hydrogens is 330 g/mol. The predicted octanol–water partition coefficient (Wildman–Crippen LogP) is 1.63. The van der Waals surface area contributed by atoms with E-state index in [1.165, 1.54) is 17.9 Å². The van der Waals surface area contributed by atoms with E-state index in [0.717, 1.165) is 5.56 Å². The van der Waals surface area contributed by atoms with Gasteiger partial charge in [0.25, 0.3) is 0 Å². The second-order valence-electron chi connectivity index (χ2n) is 5.51. The van der Waals surface area contributed by atoms with E-state index in [1.807, 2.05) is 6.92 Å². The lowest BCUT2D eigenvalue weighted by atomic mass is 10.1. The van der Waals surface area contributed by atoms with E-state index in [2.05, 4.69) is 4.98 Å². The monoisotopic (exact) mass is 349 g/mol. The minimum absolute atomic E-state index is 0.0755. The number of rotatable bonds is 7. The van der Waals surface area contributed by atoms with Crippen LogP contribution < -0.4 is 4.74 Å². The van der Waals surface area contributed by atoms with Crippen LogP contribution in [0.2, 0.25) is 0 Å². The summed E-state index contributed by atoms with van der Waals surface area (Å²) in [6.07, 6.45) is 0.309. The van der Waals surface area contributed by atoms with E-state index >= 15 is 0 Å². The van der Waals surface area contributed by atoms with Gasteiger partial charge in [0.05, 0.1) is 13.7 Å². The van der Waals surface area contributed by atoms with Gasteiger partial charge >= 0.3 is 11.8 Å². The van der Waals surface area contributed by atoms with Crippen LogP contribution in [0.25, 0.3) is 0 Å². The summed E-state index contributed by atoms with van der Waals surface area (Å²) >= 11 is 0. The number of carbonyl (C=O) groups excluding carboxylic acids is 1. The first-order valence-electron chi connectivity index (χ1n) is 7.49. The third-order valence-corrected chi connectivity index (χ3v) is 3.53. The molecule has 0 spiro atoms. The van der Waals surface area contributed by atoms with E-state index in [0.29, 0.717) is 11.6 Å². The number of aryl methyl sites for hydroxylation is 2. The molecule has 0 fully saturated rings. The van der Waals surface area contributed by atoms with Gasteiger partial charge in [-0.1, -0.05) is 11.6 Å². The molecule has 1 aromatic carbocycles. The number of hydrogen-bond donors (Lipinski definition) is 1. The highest BCUT2D eigenvalue weighted by atomic mass is 16.6. The summed E-state index contributed by atoms with van der Waals surface area (Å²) in [4.78, 5) is 25.7. The molecule has 134 valence electrons. The number of aliphatic hydroxyl groups is 1. The molecule has 2 aromatic rings. The summed E-state index contributed by atoms with van der Waals surface area (Å²) in [5.74, 6) is -0.104. The van der Waals surface area contributed by atoms with Crippen molar-refractivity contribution >= 4 is 11.8 Å². The largest absolute Gasteiger partial charge is 0.490 e. The smallest absolute Gasteiger partial charge is 0.381 e. The average Bonchev–Trinajstić information content (AvgIpc) is 2.94. The molecule has 0 saturated heterocycles. The van der Waals surface area contributed by atoms with Gasteiger partial charge < -0.3 is 29.3 Å². The van der Waals surface area contributed by atoms with Gasteiger partial charge in [0.2, 0.25) is 5.82 Å². The second kappa shape index (κ2) is 7.75. The van der Waals surface area contributed by atoms with Crippen molar-refractivity contribution < 1.29 is 24.3 Å². The fraction of sp³-hybridized carbons (Fsp3) is 0.375. The molecule has 0 aliphatic heterocycles. The Bertz CT molecular complexity index is 786. The molecule has 0 unspecified atom stereocenters. The Morgan fingerprint density at radius 3 is 2.76 bits per heavy atom. The zero-order valence-electron chi connectivity index (χ0n) is 14.1. The first-order valence-corrected chi connectivity index (χ1v) is 7.49. The van der Waals surface area contributed by atoms with Crippen molar-refractivity contribution in [2.24, 2.45) is 0 Å². The standard InChI is InChI=1S/C16H19N3O6/c1-10-4-5-14(13(6-10)16(21)24-3)25-9-12(20)7-18-8-15(19(22)23)17-11(18)2/h4-6,8,12,20H,7,9H2,1-3H3/t12-/m1/s1. The molecule has 0 radical (unpaired) electrons. The first kappa shape index (κ1) is 18.4. The maximum atomic E-state index is 11.8. The third kappa shape index (κ3) is 4.54. The highest BCUT2D eigenvalue weighted by molar-refractivity contribution is 5.92. The molecule has 1 aromatic heterocycles. The lowest BCUT2D eigenvalue weighted by Crippen LogP contribution is -2.24. The second-order valence-corrected chi connectivity index (χ2v) is 5.51. The minimum Gasteiger partial charge on any atom is -0.490 e. The van der Waals surface area contributed by atoms with Crippen LogP contribution in [0.15, 0.2) is 24.4 Å². The molecule has 0 aliphatic rings. The molecule has 0 bridgehead atoms. The average molecular weight is 349 g/mol. The van der Waals surface area contributed by atoms with Crippen LogP contribution in [0.5, 0.6) is 5.75 Å². The highest BCUT2D eigenvalue weighted by Gasteiger charge is 2.19. The van der Waals surface area contributed by atoms with Crippen molar-refractivity contribution in [1.29, 1.82) is 0 Å². The molecule has 0 saturated carbocycles. The zero-order valence-corrected chi connectivity index (χ0v) is 14.1. The van der Waals surface area contributed by atoms with Crippen LogP contribution in [0.1, 0.15) is 21.7 Å². The fourth-order valence-electron chi connectivity index (χ4n) is 2.27. The van der Waals surface area contributed by atoms with E-state index in [1.54, 1.807) is 25.1 Å². The number of esters is 1. The Balaban J connectivity index is 2.04. The van der Waals surface area contributed by atoms with Crippen LogP contribution in [0, 0.1) is 24.0 Å². The number of nitrogens with zero attached hydrogens (tertiary/aromatic N) is 3. The van der Waals surface area contributed by atoms with E-state index in [-0.39, 0.29) is 24.5 Å². The van der Waals surface area contributed by atoms with Gasteiger partial charge in [-0.15, -0.1) is 0 Å². The van der Waals surface area contributed by atoms with Gasteiger partial charge in [-0.2, -0.15) is 0 Å². The summed E-state index contributed by atoms with van der Waals surface area (Å²) in [7, 11) is 1.28. The Hall–Kier alpha value is -2.94. The third-order valence-electron chi connectivity index (χ3n) is 3.53. The van der Waals surface area contributed by atoms with Crippen LogP contribution >= 0.6 is 0 Å². The van der Waals surface area contributed by atoms with Crippen molar-refractivity contribution in [2.75, 3.05) is 13.7 Å². The van der Waals surface area contributed by atoms with Crippen molar-refractivity contribution in [2.45, 2.75) is 26.5 Å². The number of benzene rings is 1. The summed E-state index contributed by atoms with van der Waals surface area (Å²) in [6.45, 7) is 3.42. The summed E-state index contributed by atoms with van der Waals surface area (Å²) in [5, 5.41) is 20.8. The Morgan fingerprint density at radius 1 is 1.44 bits per heavy atom. The number of imidazole rings is 1. The molecule has 1 atom stereocenters. The number of carbonyl (C=O) groups is 1. The van der Waals surface area contributed by atoms with Crippen molar-refractivity contribution in [3.63, 3.8) is 0 Å². The molecule has 25 heavy (non-hydrogen) atoms.